The average Bonchev–Trinajstić information content (AvgIpc) is 2.85. The third kappa shape index (κ3) is 3.85. The summed E-state index contributed by atoms with van der Waals surface area (Å²) in [5.74, 6) is 2.11. The van der Waals surface area contributed by atoms with Crippen molar-refractivity contribution in [1.29, 1.82) is 0 Å². The van der Waals surface area contributed by atoms with Gasteiger partial charge in [0.1, 0.15) is 5.76 Å². The number of hydrogen-bond donors (Lipinski definition) is 1. The molecule has 6 nitrogen and oxygen atoms in total. The number of nitrogens with two attached hydrogens (primary N) is 1. The van der Waals surface area contributed by atoms with Gasteiger partial charge in [0.15, 0.2) is 0 Å². The van der Waals surface area contributed by atoms with E-state index in [-0.39, 0.29) is 4.90 Å². The van der Waals surface area contributed by atoms with E-state index < -0.39 is 10.0 Å². The van der Waals surface area contributed by atoms with E-state index in [2.05, 4.69) is 9.88 Å². The number of hydrogen-bond acceptors (Lipinski definition) is 5. The zero-order valence-corrected chi connectivity index (χ0v) is 14.8. The Morgan fingerprint density at radius 2 is 1.83 bits per heavy atom. The van der Waals surface area contributed by atoms with Crippen molar-refractivity contribution in [3.05, 3.63) is 47.2 Å². The van der Waals surface area contributed by atoms with E-state index in [1.165, 1.54) is 5.56 Å². The topological polar surface area (TPSA) is 89.4 Å². The second-order valence-electron chi connectivity index (χ2n) is 6.41. The van der Waals surface area contributed by atoms with Crippen LogP contribution in [0.4, 0.5) is 0 Å². The van der Waals surface area contributed by atoms with Crippen molar-refractivity contribution in [3.63, 3.8) is 0 Å². The molecule has 130 valence electrons. The van der Waals surface area contributed by atoms with Crippen molar-refractivity contribution in [2.45, 2.75) is 44.0 Å². The van der Waals surface area contributed by atoms with Gasteiger partial charge in [0, 0.05) is 0 Å². The average molecular weight is 349 g/mol. The first kappa shape index (κ1) is 17.1. The number of aryl methyl sites for hydroxylation is 2. The van der Waals surface area contributed by atoms with Gasteiger partial charge in [0.2, 0.25) is 15.9 Å². The Kier molecular flexibility index (Phi) is 4.76. The van der Waals surface area contributed by atoms with Crippen LogP contribution in [-0.4, -0.2) is 31.4 Å². The number of aromatic nitrogens is 1. The summed E-state index contributed by atoms with van der Waals surface area (Å²) in [5, 5.41) is 5.14. The lowest BCUT2D eigenvalue weighted by atomic mass is 9.89. The maximum absolute atomic E-state index is 11.3. The van der Waals surface area contributed by atoms with Gasteiger partial charge in [-0.25, -0.2) is 18.5 Å². The first-order valence-electron chi connectivity index (χ1n) is 8.11. The Hall–Kier alpha value is -1.70. The van der Waals surface area contributed by atoms with Gasteiger partial charge in [-0.3, -0.25) is 4.90 Å². The van der Waals surface area contributed by atoms with Crippen LogP contribution in [0.15, 0.2) is 33.6 Å². The van der Waals surface area contributed by atoms with Crippen LogP contribution < -0.4 is 5.14 Å². The van der Waals surface area contributed by atoms with Gasteiger partial charge >= 0.3 is 0 Å². The van der Waals surface area contributed by atoms with E-state index in [0.717, 1.165) is 49.8 Å². The Labute approximate surface area is 142 Å². The molecule has 0 atom stereocenters. The summed E-state index contributed by atoms with van der Waals surface area (Å²) >= 11 is 0. The third-order valence-electron chi connectivity index (χ3n) is 4.70. The summed E-state index contributed by atoms with van der Waals surface area (Å²) < 4.78 is 28.3. The molecule has 2 heterocycles. The Morgan fingerprint density at radius 3 is 2.33 bits per heavy atom. The van der Waals surface area contributed by atoms with Crippen molar-refractivity contribution in [3.8, 4) is 0 Å². The monoisotopic (exact) mass is 349 g/mol. The molecule has 0 saturated carbocycles. The van der Waals surface area contributed by atoms with E-state index in [9.17, 15) is 8.42 Å². The maximum atomic E-state index is 11.3. The second kappa shape index (κ2) is 6.66. The Balaban J connectivity index is 1.58. The van der Waals surface area contributed by atoms with Crippen LogP contribution in [0.3, 0.4) is 0 Å². The molecule has 0 radical (unpaired) electrons. The normalized spacial score (nSPS) is 17.3. The molecule has 0 aliphatic carbocycles. The van der Waals surface area contributed by atoms with Crippen molar-refractivity contribution in [2.24, 2.45) is 5.14 Å². The van der Waals surface area contributed by atoms with Crippen molar-refractivity contribution < 1.29 is 12.8 Å². The van der Waals surface area contributed by atoms with E-state index in [1.54, 1.807) is 12.1 Å². The molecule has 2 aromatic rings. The summed E-state index contributed by atoms with van der Waals surface area (Å²) in [6.45, 7) is 6.58. The minimum atomic E-state index is -3.62. The third-order valence-corrected chi connectivity index (χ3v) is 5.63. The molecular weight excluding hydrogens is 326 g/mol. The number of benzene rings is 1. The standard InChI is InChI=1S/C17H23N3O3S/c1-12-13(2)23-17(19-12)11-20-9-7-15(8-10-20)14-3-5-16(6-4-14)24(18,21)22/h3-6,15H,7-11H2,1-2H3,(H2,18,21,22). The van der Waals surface area contributed by atoms with Crippen LogP contribution in [0, 0.1) is 13.8 Å². The highest BCUT2D eigenvalue weighted by molar-refractivity contribution is 7.89. The molecule has 0 amide bonds. The predicted octanol–water partition coefficient (Wildman–Crippen LogP) is 2.32. The highest BCUT2D eigenvalue weighted by atomic mass is 32.2. The van der Waals surface area contributed by atoms with Crippen molar-refractivity contribution in [1.82, 2.24) is 9.88 Å². The highest BCUT2D eigenvalue weighted by Crippen LogP contribution is 2.29. The van der Waals surface area contributed by atoms with Gasteiger partial charge in [-0.2, -0.15) is 0 Å². The molecule has 2 N–H and O–H groups in total. The van der Waals surface area contributed by atoms with Gasteiger partial charge in [-0.15, -0.1) is 0 Å². The molecule has 0 bridgehead atoms. The molecule has 3 rings (SSSR count). The zero-order chi connectivity index (χ0) is 17.3. The molecular formula is C17H23N3O3S. The van der Waals surface area contributed by atoms with Gasteiger partial charge in [0.05, 0.1) is 17.1 Å². The Bertz CT molecular complexity index is 785. The minimum Gasteiger partial charge on any atom is -0.444 e. The van der Waals surface area contributed by atoms with Crippen LogP contribution in [0.2, 0.25) is 0 Å². The fourth-order valence-electron chi connectivity index (χ4n) is 3.15. The van der Waals surface area contributed by atoms with Crippen LogP contribution in [0.1, 0.15) is 41.7 Å². The zero-order valence-electron chi connectivity index (χ0n) is 14.0. The molecule has 1 aromatic carbocycles. The predicted molar refractivity (Wildman–Crippen MR) is 91.0 cm³/mol. The molecule has 0 unspecified atom stereocenters. The van der Waals surface area contributed by atoms with Crippen molar-refractivity contribution >= 4 is 10.0 Å². The first-order chi connectivity index (χ1) is 11.3. The van der Waals surface area contributed by atoms with E-state index in [0.29, 0.717) is 5.92 Å². The summed E-state index contributed by atoms with van der Waals surface area (Å²) in [7, 11) is -3.62. The lowest BCUT2D eigenvalue weighted by Crippen LogP contribution is -2.32. The van der Waals surface area contributed by atoms with E-state index >= 15 is 0 Å². The molecule has 1 aliphatic heterocycles. The molecule has 1 aromatic heterocycles. The number of piperidine rings is 1. The van der Waals surface area contributed by atoms with Gasteiger partial charge < -0.3 is 4.42 Å². The van der Waals surface area contributed by atoms with Gasteiger partial charge in [-0.05, 0) is 63.4 Å². The quantitative estimate of drug-likeness (QED) is 0.915. The van der Waals surface area contributed by atoms with Crippen LogP contribution in [0.5, 0.6) is 0 Å². The molecule has 1 aliphatic rings. The van der Waals surface area contributed by atoms with Crippen LogP contribution in [0.25, 0.3) is 0 Å². The van der Waals surface area contributed by atoms with Crippen LogP contribution >= 0.6 is 0 Å². The number of sulfonamides is 1. The smallest absolute Gasteiger partial charge is 0.238 e. The highest BCUT2D eigenvalue weighted by Gasteiger charge is 2.22. The number of rotatable bonds is 4. The number of primary sulfonamides is 1. The fraction of sp³-hybridized carbons (Fsp3) is 0.471. The van der Waals surface area contributed by atoms with E-state index in [1.807, 2.05) is 26.0 Å². The molecule has 1 fully saturated rings. The summed E-state index contributed by atoms with van der Waals surface area (Å²) in [5.41, 5.74) is 2.12. The number of likely N-dealkylation sites (tertiary alicyclic amines) is 1. The first-order valence-corrected chi connectivity index (χ1v) is 9.65. The molecule has 7 heteroatoms. The van der Waals surface area contributed by atoms with Gasteiger partial charge in [0.25, 0.3) is 0 Å². The minimum absolute atomic E-state index is 0.165. The second-order valence-corrected chi connectivity index (χ2v) is 7.98. The lowest BCUT2D eigenvalue weighted by molar-refractivity contribution is 0.187. The largest absolute Gasteiger partial charge is 0.444 e. The number of oxazole rings is 1. The fourth-order valence-corrected chi connectivity index (χ4v) is 3.67. The van der Waals surface area contributed by atoms with Crippen molar-refractivity contribution in [2.75, 3.05) is 13.1 Å². The summed E-state index contributed by atoms with van der Waals surface area (Å²) in [6.07, 6.45) is 2.07. The lowest BCUT2D eigenvalue weighted by Gasteiger charge is -2.31. The summed E-state index contributed by atoms with van der Waals surface area (Å²) in [6, 6.07) is 6.94. The molecule has 1 saturated heterocycles. The summed E-state index contributed by atoms with van der Waals surface area (Å²) in [4.78, 5) is 6.95. The van der Waals surface area contributed by atoms with Gasteiger partial charge in [-0.1, -0.05) is 12.1 Å². The SMILES string of the molecule is Cc1nc(CN2CCC(c3ccc(S(N)(=O)=O)cc3)CC2)oc1C. The maximum Gasteiger partial charge on any atom is 0.238 e. The molecule has 0 spiro atoms. The number of nitrogens with zero attached hydrogens (tertiary/aromatic N) is 2. The Morgan fingerprint density at radius 1 is 1.21 bits per heavy atom. The van der Waals surface area contributed by atoms with Crippen LogP contribution in [-0.2, 0) is 16.6 Å². The molecule has 24 heavy (non-hydrogen) atoms. The van der Waals surface area contributed by atoms with E-state index in [4.69, 9.17) is 9.56 Å².